The standard InChI is InChI=1S/C11H8O2S2/c12-11(13)10-9(4-6-15-10)2-1-8-3-5-14-7-8/h1-7H,(H,12,13)/b2-1-. The lowest BCUT2D eigenvalue weighted by Crippen LogP contribution is -1.93. The van der Waals surface area contributed by atoms with E-state index in [1.54, 1.807) is 16.7 Å². The van der Waals surface area contributed by atoms with E-state index in [4.69, 9.17) is 5.11 Å². The van der Waals surface area contributed by atoms with Crippen LogP contribution >= 0.6 is 22.7 Å². The molecule has 1 N–H and O–H groups in total. The number of carboxylic acid groups (broad SMARTS) is 1. The molecular weight excluding hydrogens is 228 g/mol. The van der Waals surface area contributed by atoms with Crippen LogP contribution in [0.4, 0.5) is 0 Å². The summed E-state index contributed by atoms with van der Waals surface area (Å²) in [5, 5.41) is 14.7. The smallest absolute Gasteiger partial charge is 0.346 e. The maximum absolute atomic E-state index is 10.8. The van der Waals surface area contributed by atoms with Crippen molar-refractivity contribution in [2.24, 2.45) is 0 Å². The molecule has 0 amide bonds. The second-order valence-electron chi connectivity index (χ2n) is 2.90. The molecule has 0 aliphatic carbocycles. The predicted octanol–water partition coefficient (Wildman–Crippen LogP) is 3.68. The molecule has 2 aromatic rings. The number of thiophene rings is 2. The van der Waals surface area contributed by atoms with Gasteiger partial charge in [-0.05, 0) is 39.4 Å². The fourth-order valence-electron chi connectivity index (χ4n) is 1.18. The van der Waals surface area contributed by atoms with Crippen molar-refractivity contribution >= 4 is 40.8 Å². The van der Waals surface area contributed by atoms with Crippen LogP contribution in [0, 0.1) is 0 Å². The maximum Gasteiger partial charge on any atom is 0.346 e. The molecule has 4 heteroatoms. The lowest BCUT2D eigenvalue weighted by Gasteiger charge is -1.90. The van der Waals surface area contributed by atoms with E-state index in [1.165, 1.54) is 11.3 Å². The summed E-state index contributed by atoms with van der Waals surface area (Å²) in [5.41, 5.74) is 1.86. The summed E-state index contributed by atoms with van der Waals surface area (Å²) in [7, 11) is 0. The van der Waals surface area contributed by atoms with Crippen molar-refractivity contribution in [3.05, 3.63) is 44.3 Å². The highest BCUT2D eigenvalue weighted by atomic mass is 32.1. The molecule has 0 atom stereocenters. The van der Waals surface area contributed by atoms with Crippen molar-refractivity contribution < 1.29 is 9.90 Å². The summed E-state index contributed by atoms with van der Waals surface area (Å²) in [4.78, 5) is 11.2. The topological polar surface area (TPSA) is 37.3 Å². The van der Waals surface area contributed by atoms with E-state index in [0.29, 0.717) is 4.88 Å². The number of hydrogen-bond donors (Lipinski definition) is 1. The molecule has 0 unspecified atom stereocenters. The quantitative estimate of drug-likeness (QED) is 0.882. The summed E-state index contributed by atoms with van der Waals surface area (Å²) in [6, 6.07) is 3.81. The number of carboxylic acids is 1. The van der Waals surface area contributed by atoms with E-state index in [0.717, 1.165) is 11.1 Å². The Bertz CT molecular complexity index is 480. The van der Waals surface area contributed by atoms with Gasteiger partial charge in [-0.1, -0.05) is 12.2 Å². The monoisotopic (exact) mass is 236 g/mol. The first kappa shape index (κ1) is 10.1. The van der Waals surface area contributed by atoms with Crippen molar-refractivity contribution in [3.8, 4) is 0 Å². The van der Waals surface area contributed by atoms with Gasteiger partial charge in [0.15, 0.2) is 0 Å². The van der Waals surface area contributed by atoms with Gasteiger partial charge in [0.05, 0.1) is 0 Å². The van der Waals surface area contributed by atoms with Crippen molar-refractivity contribution in [3.63, 3.8) is 0 Å². The summed E-state index contributed by atoms with van der Waals surface area (Å²) in [6.45, 7) is 0. The van der Waals surface area contributed by atoms with Gasteiger partial charge in [0, 0.05) is 0 Å². The molecule has 0 saturated carbocycles. The van der Waals surface area contributed by atoms with Crippen LogP contribution in [0.3, 0.4) is 0 Å². The van der Waals surface area contributed by atoms with E-state index in [9.17, 15) is 4.79 Å². The molecule has 76 valence electrons. The van der Waals surface area contributed by atoms with Gasteiger partial charge in [0.25, 0.3) is 0 Å². The molecule has 0 radical (unpaired) electrons. The van der Waals surface area contributed by atoms with Gasteiger partial charge in [-0.2, -0.15) is 11.3 Å². The minimum absolute atomic E-state index is 0.390. The summed E-state index contributed by atoms with van der Waals surface area (Å²) < 4.78 is 0. The zero-order valence-electron chi connectivity index (χ0n) is 7.71. The minimum Gasteiger partial charge on any atom is -0.477 e. The van der Waals surface area contributed by atoms with Crippen LogP contribution in [0.1, 0.15) is 20.8 Å². The average Bonchev–Trinajstić information content (AvgIpc) is 2.86. The van der Waals surface area contributed by atoms with Gasteiger partial charge in [-0.25, -0.2) is 4.79 Å². The zero-order chi connectivity index (χ0) is 10.7. The Morgan fingerprint density at radius 3 is 2.80 bits per heavy atom. The Balaban J connectivity index is 2.24. The first-order chi connectivity index (χ1) is 7.27. The first-order valence-corrected chi connectivity index (χ1v) is 6.10. The average molecular weight is 236 g/mol. The molecule has 0 fully saturated rings. The molecule has 0 saturated heterocycles. The van der Waals surface area contributed by atoms with Crippen molar-refractivity contribution in [2.75, 3.05) is 0 Å². The molecule has 0 aliphatic heterocycles. The Morgan fingerprint density at radius 1 is 1.27 bits per heavy atom. The van der Waals surface area contributed by atoms with Crippen molar-refractivity contribution in [1.29, 1.82) is 0 Å². The van der Waals surface area contributed by atoms with Gasteiger partial charge in [0.2, 0.25) is 0 Å². The molecule has 2 nitrogen and oxygen atoms in total. The molecule has 0 aliphatic rings. The third kappa shape index (κ3) is 2.34. The number of aromatic carboxylic acids is 1. The normalized spacial score (nSPS) is 10.9. The lowest BCUT2D eigenvalue weighted by molar-refractivity contribution is 0.0702. The Morgan fingerprint density at radius 2 is 2.13 bits per heavy atom. The SMILES string of the molecule is O=C(O)c1sccc1/C=C\c1ccsc1. The largest absolute Gasteiger partial charge is 0.477 e. The second kappa shape index (κ2) is 4.42. The number of hydrogen-bond acceptors (Lipinski definition) is 3. The fourth-order valence-corrected chi connectivity index (χ4v) is 2.53. The van der Waals surface area contributed by atoms with Gasteiger partial charge in [0.1, 0.15) is 4.88 Å². The Kier molecular flexibility index (Phi) is 2.99. The third-order valence-electron chi connectivity index (χ3n) is 1.89. The molecule has 0 bridgehead atoms. The van der Waals surface area contributed by atoms with Crippen LogP contribution in [0.25, 0.3) is 12.2 Å². The van der Waals surface area contributed by atoms with E-state index in [2.05, 4.69) is 0 Å². The molecule has 0 aromatic carbocycles. The minimum atomic E-state index is -0.866. The van der Waals surface area contributed by atoms with Gasteiger partial charge in [-0.15, -0.1) is 11.3 Å². The summed E-state index contributed by atoms with van der Waals surface area (Å²) >= 11 is 2.87. The van der Waals surface area contributed by atoms with E-state index in [-0.39, 0.29) is 0 Å². The molecule has 15 heavy (non-hydrogen) atoms. The van der Waals surface area contributed by atoms with Crippen LogP contribution in [0.15, 0.2) is 28.3 Å². The van der Waals surface area contributed by atoms with Crippen LogP contribution in [-0.2, 0) is 0 Å². The highest BCUT2D eigenvalue weighted by Crippen LogP contribution is 2.19. The van der Waals surface area contributed by atoms with Gasteiger partial charge in [-0.3, -0.25) is 0 Å². The fraction of sp³-hybridized carbons (Fsp3) is 0. The van der Waals surface area contributed by atoms with Gasteiger partial charge < -0.3 is 5.11 Å². The molecular formula is C11H8O2S2. The maximum atomic E-state index is 10.8. The van der Waals surface area contributed by atoms with Crippen molar-refractivity contribution in [1.82, 2.24) is 0 Å². The Labute approximate surface area is 95.1 Å². The number of rotatable bonds is 3. The zero-order valence-corrected chi connectivity index (χ0v) is 9.35. The third-order valence-corrected chi connectivity index (χ3v) is 3.51. The molecule has 0 spiro atoms. The summed E-state index contributed by atoms with van der Waals surface area (Å²) in [6.07, 6.45) is 3.76. The molecule has 2 rings (SSSR count). The van der Waals surface area contributed by atoms with Crippen LogP contribution in [0.5, 0.6) is 0 Å². The van der Waals surface area contributed by atoms with Crippen LogP contribution < -0.4 is 0 Å². The second-order valence-corrected chi connectivity index (χ2v) is 4.60. The lowest BCUT2D eigenvalue weighted by atomic mass is 10.2. The van der Waals surface area contributed by atoms with Crippen molar-refractivity contribution in [2.45, 2.75) is 0 Å². The van der Waals surface area contributed by atoms with E-state index >= 15 is 0 Å². The first-order valence-electron chi connectivity index (χ1n) is 4.28. The van der Waals surface area contributed by atoms with Crippen LogP contribution in [-0.4, -0.2) is 11.1 Å². The van der Waals surface area contributed by atoms with Gasteiger partial charge >= 0.3 is 5.97 Å². The highest BCUT2D eigenvalue weighted by Gasteiger charge is 2.08. The molecule has 2 aromatic heterocycles. The molecule has 2 heterocycles. The summed E-state index contributed by atoms with van der Waals surface area (Å²) in [5.74, 6) is -0.866. The van der Waals surface area contributed by atoms with Crippen LogP contribution in [0.2, 0.25) is 0 Å². The predicted molar refractivity (Wildman–Crippen MR) is 64.5 cm³/mol. The van der Waals surface area contributed by atoms with E-state index in [1.807, 2.05) is 35.0 Å². The number of carbonyl (C=O) groups is 1. The Hall–Kier alpha value is -1.39. The van der Waals surface area contributed by atoms with E-state index < -0.39 is 5.97 Å². The highest BCUT2D eigenvalue weighted by molar-refractivity contribution is 7.12.